The Kier molecular flexibility index (Phi) is 6.73. The average Bonchev–Trinajstić information content (AvgIpc) is 2.66. The van der Waals surface area contributed by atoms with Gasteiger partial charge >= 0.3 is 11.9 Å². The van der Waals surface area contributed by atoms with Gasteiger partial charge in [-0.1, -0.05) is 42.5 Å². The van der Waals surface area contributed by atoms with Crippen molar-refractivity contribution in [1.29, 1.82) is 0 Å². The molecule has 7 nitrogen and oxygen atoms in total. The van der Waals surface area contributed by atoms with Crippen LogP contribution in [-0.4, -0.2) is 42.7 Å². The fraction of sp³-hybridized carbons (Fsp3) is 0.211. The minimum Gasteiger partial charge on any atom is -0.507 e. The molecular formula is C19H19NO6. The first-order valence-corrected chi connectivity index (χ1v) is 7.87. The van der Waals surface area contributed by atoms with Gasteiger partial charge in [-0.15, -0.1) is 0 Å². The number of esters is 2. The van der Waals surface area contributed by atoms with Crippen LogP contribution in [0.5, 0.6) is 5.75 Å². The fourth-order valence-corrected chi connectivity index (χ4v) is 2.28. The van der Waals surface area contributed by atoms with E-state index in [9.17, 15) is 19.5 Å². The van der Waals surface area contributed by atoms with Gasteiger partial charge in [-0.2, -0.15) is 0 Å². The molecule has 7 heteroatoms. The smallest absolute Gasteiger partial charge is 0.342 e. The second-order valence-electron chi connectivity index (χ2n) is 5.43. The van der Waals surface area contributed by atoms with Gasteiger partial charge in [0.25, 0.3) is 5.91 Å². The van der Waals surface area contributed by atoms with Crippen LogP contribution in [0.1, 0.15) is 15.9 Å². The molecule has 0 aliphatic rings. The van der Waals surface area contributed by atoms with E-state index in [1.54, 1.807) is 12.1 Å². The normalized spacial score (nSPS) is 11.3. The van der Waals surface area contributed by atoms with E-state index in [1.165, 1.54) is 19.2 Å². The SMILES string of the molecule is COC(=O)C(Cc1ccccc1)NC(=O)COC(=O)c1ccccc1O. The number of hydrogen-bond donors (Lipinski definition) is 2. The number of nitrogens with one attached hydrogen (secondary N) is 1. The third kappa shape index (κ3) is 5.34. The van der Waals surface area contributed by atoms with E-state index in [-0.39, 0.29) is 17.7 Å². The summed E-state index contributed by atoms with van der Waals surface area (Å²) in [5.74, 6) is -2.33. The number of hydrogen-bond acceptors (Lipinski definition) is 6. The van der Waals surface area contributed by atoms with Crippen LogP contribution in [0.4, 0.5) is 0 Å². The van der Waals surface area contributed by atoms with Gasteiger partial charge in [0.2, 0.25) is 0 Å². The second-order valence-corrected chi connectivity index (χ2v) is 5.43. The zero-order chi connectivity index (χ0) is 18.9. The van der Waals surface area contributed by atoms with Gasteiger partial charge in [0, 0.05) is 6.42 Å². The Labute approximate surface area is 150 Å². The number of benzene rings is 2. The third-order valence-electron chi connectivity index (χ3n) is 3.56. The summed E-state index contributed by atoms with van der Waals surface area (Å²) in [7, 11) is 1.23. The summed E-state index contributed by atoms with van der Waals surface area (Å²) in [5, 5.41) is 12.1. The maximum Gasteiger partial charge on any atom is 0.342 e. The van der Waals surface area contributed by atoms with Crippen LogP contribution >= 0.6 is 0 Å². The maximum absolute atomic E-state index is 12.0. The number of para-hydroxylation sites is 1. The number of rotatable bonds is 7. The molecule has 0 saturated heterocycles. The second kappa shape index (κ2) is 9.22. The zero-order valence-electron chi connectivity index (χ0n) is 14.2. The Bertz CT molecular complexity index is 775. The van der Waals surface area contributed by atoms with Crippen molar-refractivity contribution in [1.82, 2.24) is 5.32 Å². The lowest BCUT2D eigenvalue weighted by atomic mass is 10.1. The van der Waals surface area contributed by atoms with E-state index in [0.29, 0.717) is 0 Å². The predicted molar refractivity (Wildman–Crippen MR) is 92.5 cm³/mol. The van der Waals surface area contributed by atoms with Crippen molar-refractivity contribution >= 4 is 17.8 Å². The fourth-order valence-electron chi connectivity index (χ4n) is 2.28. The summed E-state index contributed by atoms with van der Waals surface area (Å²) in [6, 6.07) is 14.0. The number of amides is 1. The van der Waals surface area contributed by atoms with Crippen LogP contribution in [0.2, 0.25) is 0 Å². The highest BCUT2D eigenvalue weighted by Crippen LogP contribution is 2.16. The Morgan fingerprint density at radius 2 is 1.69 bits per heavy atom. The zero-order valence-corrected chi connectivity index (χ0v) is 14.2. The molecule has 2 aromatic rings. The molecule has 1 unspecified atom stereocenters. The highest BCUT2D eigenvalue weighted by Gasteiger charge is 2.23. The highest BCUT2D eigenvalue weighted by molar-refractivity contribution is 5.94. The molecule has 1 amide bonds. The lowest BCUT2D eigenvalue weighted by Crippen LogP contribution is -2.44. The lowest BCUT2D eigenvalue weighted by Gasteiger charge is -2.16. The van der Waals surface area contributed by atoms with Crippen molar-refractivity contribution in [3.8, 4) is 5.75 Å². The predicted octanol–water partition coefficient (Wildman–Crippen LogP) is 1.45. The van der Waals surface area contributed by atoms with Crippen molar-refractivity contribution < 1.29 is 29.0 Å². The summed E-state index contributed by atoms with van der Waals surface area (Å²) in [6.45, 7) is -0.588. The molecule has 136 valence electrons. The van der Waals surface area contributed by atoms with Gasteiger partial charge in [0.15, 0.2) is 6.61 Å². The van der Waals surface area contributed by atoms with Crippen LogP contribution < -0.4 is 5.32 Å². The largest absolute Gasteiger partial charge is 0.507 e. The molecule has 0 bridgehead atoms. The lowest BCUT2D eigenvalue weighted by molar-refractivity contribution is -0.145. The monoisotopic (exact) mass is 357 g/mol. The highest BCUT2D eigenvalue weighted by atomic mass is 16.5. The molecule has 0 heterocycles. The topological polar surface area (TPSA) is 102 Å². The molecule has 1 atom stereocenters. The summed E-state index contributed by atoms with van der Waals surface area (Å²) in [6.07, 6.45) is 0.243. The molecular weight excluding hydrogens is 338 g/mol. The quantitative estimate of drug-likeness (QED) is 0.727. The number of carbonyl (C=O) groups excluding carboxylic acids is 3. The minimum absolute atomic E-state index is 0.0471. The summed E-state index contributed by atoms with van der Waals surface area (Å²) in [4.78, 5) is 35.8. The van der Waals surface area contributed by atoms with Crippen LogP contribution in [-0.2, 0) is 25.5 Å². The number of phenols is 1. The average molecular weight is 357 g/mol. The first-order chi connectivity index (χ1) is 12.5. The van der Waals surface area contributed by atoms with Crippen molar-refractivity contribution in [3.05, 3.63) is 65.7 Å². The van der Waals surface area contributed by atoms with Crippen LogP contribution in [0.25, 0.3) is 0 Å². The van der Waals surface area contributed by atoms with Gasteiger partial charge in [-0.3, -0.25) is 4.79 Å². The Morgan fingerprint density at radius 3 is 2.35 bits per heavy atom. The Balaban J connectivity index is 1.93. The van der Waals surface area contributed by atoms with E-state index >= 15 is 0 Å². The molecule has 0 aromatic heterocycles. The number of methoxy groups -OCH3 is 1. The summed E-state index contributed by atoms with van der Waals surface area (Å²) < 4.78 is 9.57. The number of ether oxygens (including phenoxy) is 2. The standard InChI is InChI=1S/C19H19NO6/c1-25-19(24)15(11-13-7-3-2-4-8-13)20-17(22)12-26-18(23)14-9-5-6-10-16(14)21/h2-10,15,21H,11-12H2,1H3,(H,20,22). The Hall–Kier alpha value is -3.35. The molecule has 0 radical (unpaired) electrons. The van der Waals surface area contributed by atoms with Crippen molar-refractivity contribution in [3.63, 3.8) is 0 Å². The molecule has 0 aliphatic carbocycles. The van der Waals surface area contributed by atoms with E-state index < -0.39 is 30.5 Å². The Morgan fingerprint density at radius 1 is 1.04 bits per heavy atom. The van der Waals surface area contributed by atoms with Crippen molar-refractivity contribution in [2.75, 3.05) is 13.7 Å². The van der Waals surface area contributed by atoms with E-state index in [1.807, 2.05) is 30.3 Å². The molecule has 0 spiro atoms. The first kappa shape index (κ1) is 19.0. The van der Waals surface area contributed by atoms with Gasteiger partial charge in [0.1, 0.15) is 17.4 Å². The van der Waals surface area contributed by atoms with Gasteiger partial charge in [-0.05, 0) is 17.7 Å². The van der Waals surface area contributed by atoms with E-state index in [4.69, 9.17) is 9.47 Å². The first-order valence-electron chi connectivity index (χ1n) is 7.87. The maximum atomic E-state index is 12.0. The van der Waals surface area contributed by atoms with Crippen LogP contribution in [0.15, 0.2) is 54.6 Å². The summed E-state index contributed by atoms with van der Waals surface area (Å²) in [5.41, 5.74) is 0.795. The molecule has 0 aliphatic heterocycles. The van der Waals surface area contributed by atoms with E-state index in [2.05, 4.69) is 5.32 Å². The molecule has 0 fully saturated rings. The van der Waals surface area contributed by atoms with Crippen LogP contribution in [0, 0.1) is 0 Å². The molecule has 26 heavy (non-hydrogen) atoms. The van der Waals surface area contributed by atoms with Crippen molar-refractivity contribution in [2.24, 2.45) is 0 Å². The molecule has 2 aromatic carbocycles. The van der Waals surface area contributed by atoms with Crippen LogP contribution in [0.3, 0.4) is 0 Å². The minimum atomic E-state index is -0.904. The number of phenolic OH excluding ortho intramolecular Hbond substituents is 1. The van der Waals surface area contributed by atoms with Gasteiger partial charge < -0.3 is 19.9 Å². The van der Waals surface area contributed by atoms with Gasteiger partial charge in [0.05, 0.1) is 7.11 Å². The number of aromatic hydroxyl groups is 1. The molecule has 2 rings (SSSR count). The van der Waals surface area contributed by atoms with Gasteiger partial charge in [-0.25, -0.2) is 9.59 Å². The molecule has 2 N–H and O–H groups in total. The van der Waals surface area contributed by atoms with Crippen molar-refractivity contribution in [2.45, 2.75) is 12.5 Å². The van der Waals surface area contributed by atoms with E-state index in [0.717, 1.165) is 5.56 Å². The third-order valence-corrected chi connectivity index (χ3v) is 3.56. The number of carbonyl (C=O) groups is 3. The molecule has 0 saturated carbocycles. The summed E-state index contributed by atoms with van der Waals surface area (Å²) >= 11 is 0.